The minimum absolute atomic E-state index is 0.122. The Morgan fingerprint density at radius 1 is 0.821 bits per heavy atom. The fourth-order valence-corrected chi connectivity index (χ4v) is 3.70. The van der Waals surface area contributed by atoms with Gasteiger partial charge in [0.15, 0.2) is 0 Å². The highest BCUT2D eigenvalue weighted by atomic mass is 16.1. The van der Waals surface area contributed by atoms with E-state index in [1.165, 1.54) is 19.3 Å². The third kappa shape index (κ3) is 4.01. The normalized spacial score (nSPS) is 13.9. The summed E-state index contributed by atoms with van der Waals surface area (Å²) in [7, 11) is 0. The second-order valence-electron chi connectivity index (χ2n) is 7.22. The highest BCUT2D eigenvalue weighted by Crippen LogP contribution is 2.31. The van der Waals surface area contributed by atoms with E-state index in [2.05, 4.69) is 22.3 Å². The molecule has 4 rings (SSSR count). The van der Waals surface area contributed by atoms with Gasteiger partial charge in [-0.3, -0.25) is 4.79 Å². The summed E-state index contributed by atoms with van der Waals surface area (Å²) in [6.45, 7) is 2.02. The first kappa shape index (κ1) is 18.1. The van der Waals surface area contributed by atoms with Crippen molar-refractivity contribution in [2.75, 3.05) is 29.0 Å². The molecule has 142 valence electrons. The summed E-state index contributed by atoms with van der Waals surface area (Å²) in [4.78, 5) is 15.2. The highest BCUT2D eigenvalue weighted by molar-refractivity contribution is 6.06. The van der Waals surface area contributed by atoms with Crippen molar-refractivity contribution in [2.24, 2.45) is 0 Å². The minimum atomic E-state index is -0.122. The van der Waals surface area contributed by atoms with Crippen molar-refractivity contribution in [2.45, 2.75) is 19.3 Å². The van der Waals surface area contributed by atoms with Gasteiger partial charge in [-0.1, -0.05) is 42.5 Å². The summed E-state index contributed by atoms with van der Waals surface area (Å²) in [5, 5.41) is 3.06. The number of carbonyl (C=O) groups is 1. The molecule has 0 saturated carbocycles. The van der Waals surface area contributed by atoms with Crippen molar-refractivity contribution in [3.05, 3.63) is 78.4 Å². The topological polar surface area (TPSA) is 58.4 Å². The number of nitrogens with zero attached hydrogens (tertiary/aromatic N) is 1. The van der Waals surface area contributed by atoms with Gasteiger partial charge in [-0.05, 0) is 60.7 Å². The Labute approximate surface area is 166 Å². The lowest BCUT2D eigenvalue weighted by atomic mass is 10.0. The molecule has 1 saturated heterocycles. The Morgan fingerprint density at radius 2 is 1.50 bits per heavy atom. The third-order valence-electron chi connectivity index (χ3n) is 5.22. The van der Waals surface area contributed by atoms with Crippen molar-refractivity contribution in [1.82, 2.24) is 0 Å². The molecule has 0 radical (unpaired) electrons. The predicted molar refractivity (Wildman–Crippen MR) is 117 cm³/mol. The summed E-state index contributed by atoms with van der Waals surface area (Å²) in [5.74, 6) is -0.122. The van der Waals surface area contributed by atoms with Crippen molar-refractivity contribution in [1.29, 1.82) is 0 Å². The monoisotopic (exact) mass is 371 g/mol. The number of nitrogen functional groups attached to an aromatic ring is 1. The molecular weight excluding hydrogens is 346 g/mol. The van der Waals surface area contributed by atoms with Gasteiger partial charge in [0.2, 0.25) is 0 Å². The number of hydrogen-bond acceptors (Lipinski definition) is 3. The number of piperidine rings is 1. The van der Waals surface area contributed by atoms with Crippen LogP contribution < -0.4 is 16.0 Å². The van der Waals surface area contributed by atoms with Crippen LogP contribution in [0.2, 0.25) is 0 Å². The molecule has 0 atom stereocenters. The summed E-state index contributed by atoms with van der Waals surface area (Å²) in [5.41, 5.74) is 11.3. The average molecular weight is 371 g/mol. The second kappa shape index (κ2) is 8.17. The van der Waals surface area contributed by atoms with Crippen molar-refractivity contribution in [3.8, 4) is 11.1 Å². The van der Waals surface area contributed by atoms with Gasteiger partial charge in [-0.25, -0.2) is 0 Å². The largest absolute Gasteiger partial charge is 0.399 e. The van der Waals surface area contributed by atoms with E-state index in [0.717, 1.165) is 35.6 Å². The number of rotatable bonds is 4. The molecule has 4 nitrogen and oxygen atoms in total. The molecule has 1 heterocycles. The van der Waals surface area contributed by atoms with Crippen LogP contribution in [0.3, 0.4) is 0 Å². The van der Waals surface area contributed by atoms with Crippen LogP contribution in [-0.2, 0) is 0 Å². The number of hydrogen-bond donors (Lipinski definition) is 2. The molecule has 3 aromatic carbocycles. The van der Waals surface area contributed by atoms with Gasteiger partial charge in [0.1, 0.15) is 0 Å². The van der Waals surface area contributed by atoms with Gasteiger partial charge < -0.3 is 16.0 Å². The first-order valence-electron chi connectivity index (χ1n) is 9.82. The molecule has 1 fully saturated rings. The quantitative estimate of drug-likeness (QED) is 0.621. The number of amides is 1. The highest BCUT2D eigenvalue weighted by Gasteiger charge is 2.17. The fourth-order valence-electron chi connectivity index (χ4n) is 3.70. The molecule has 3 aromatic rings. The summed E-state index contributed by atoms with van der Waals surface area (Å²) in [6.07, 6.45) is 3.62. The van der Waals surface area contributed by atoms with Crippen LogP contribution in [0, 0.1) is 0 Å². The van der Waals surface area contributed by atoms with Crippen LogP contribution in [0.4, 0.5) is 17.1 Å². The van der Waals surface area contributed by atoms with Crippen molar-refractivity contribution < 1.29 is 4.79 Å². The van der Waals surface area contributed by atoms with Crippen LogP contribution in [0.15, 0.2) is 72.8 Å². The van der Waals surface area contributed by atoms with E-state index in [-0.39, 0.29) is 5.91 Å². The van der Waals surface area contributed by atoms with Gasteiger partial charge in [-0.2, -0.15) is 0 Å². The van der Waals surface area contributed by atoms with Gasteiger partial charge in [0, 0.05) is 24.3 Å². The fraction of sp³-hybridized carbons (Fsp3) is 0.208. The Kier molecular flexibility index (Phi) is 5.29. The maximum absolute atomic E-state index is 12.8. The lowest BCUT2D eigenvalue weighted by molar-refractivity contribution is 0.102. The van der Waals surface area contributed by atoms with Crippen LogP contribution >= 0.6 is 0 Å². The lowest BCUT2D eigenvalue weighted by Crippen LogP contribution is -2.30. The summed E-state index contributed by atoms with van der Waals surface area (Å²) >= 11 is 0. The van der Waals surface area contributed by atoms with E-state index in [4.69, 9.17) is 5.73 Å². The van der Waals surface area contributed by atoms with Gasteiger partial charge >= 0.3 is 0 Å². The maximum Gasteiger partial charge on any atom is 0.255 e. The summed E-state index contributed by atoms with van der Waals surface area (Å²) < 4.78 is 0. The Balaban J connectivity index is 1.54. The van der Waals surface area contributed by atoms with E-state index in [0.29, 0.717) is 11.3 Å². The van der Waals surface area contributed by atoms with E-state index >= 15 is 0 Å². The second-order valence-corrected chi connectivity index (χ2v) is 7.22. The van der Waals surface area contributed by atoms with Gasteiger partial charge in [0.05, 0.1) is 11.4 Å². The predicted octanol–water partition coefficient (Wildman–Crippen LogP) is 5.18. The SMILES string of the molecule is Nc1ccc(N2CCCCC2)c(NC(=O)c2ccc(-c3ccccc3)cc2)c1. The number of nitrogens with two attached hydrogens (primary N) is 1. The maximum atomic E-state index is 12.8. The molecule has 0 unspecified atom stereocenters. The van der Waals surface area contributed by atoms with Crippen LogP contribution in [0.1, 0.15) is 29.6 Å². The lowest BCUT2D eigenvalue weighted by Gasteiger charge is -2.30. The number of nitrogens with one attached hydrogen (secondary N) is 1. The first-order chi connectivity index (χ1) is 13.7. The van der Waals surface area contributed by atoms with E-state index < -0.39 is 0 Å². The van der Waals surface area contributed by atoms with Crippen LogP contribution in [-0.4, -0.2) is 19.0 Å². The smallest absolute Gasteiger partial charge is 0.255 e. The Hall–Kier alpha value is -3.27. The Morgan fingerprint density at radius 3 is 2.21 bits per heavy atom. The molecule has 1 aliphatic rings. The van der Waals surface area contributed by atoms with Crippen LogP contribution in [0.5, 0.6) is 0 Å². The third-order valence-corrected chi connectivity index (χ3v) is 5.22. The van der Waals surface area contributed by atoms with E-state index in [1.54, 1.807) is 0 Å². The van der Waals surface area contributed by atoms with Gasteiger partial charge in [-0.15, -0.1) is 0 Å². The molecule has 0 aliphatic carbocycles. The minimum Gasteiger partial charge on any atom is -0.399 e. The van der Waals surface area contributed by atoms with Crippen molar-refractivity contribution in [3.63, 3.8) is 0 Å². The first-order valence-corrected chi connectivity index (χ1v) is 9.82. The van der Waals surface area contributed by atoms with Gasteiger partial charge in [0.25, 0.3) is 5.91 Å². The van der Waals surface area contributed by atoms with E-state index in [9.17, 15) is 4.79 Å². The molecule has 0 spiro atoms. The zero-order valence-electron chi connectivity index (χ0n) is 15.9. The standard InChI is InChI=1S/C24H25N3O/c25-21-13-14-23(27-15-5-2-6-16-27)22(17-21)26-24(28)20-11-9-19(10-12-20)18-7-3-1-4-8-18/h1,3-4,7-14,17H,2,5-6,15-16,25H2,(H,26,28). The van der Waals surface area contributed by atoms with Crippen LogP contribution in [0.25, 0.3) is 11.1 Å². The number of carbonyl (C=O) groups excluding carboxylic acids is 1. The molecular formula is C24H25N3O. The van der Waals surface area contributed by atoms with Crippen molar-refractivity contribution >= 4 is 23.0 Å². The molecule has 28 heavy (non-hydrogen) atoms. The number of benzene rings is 3. The Bertz CT molecular complexity index is 945. The molecule has 0 aromatic heterocycles. The molecule has 0 bridgehead atoms. The molecule has 1 amide bonds. The number of anilines is 3. The zero-order valence-corrected chi connectivity index (χ0v) is 15.9. The molecule has 4 heteroatoms. The molecule has 1 aliphatic heterocycles. The van der Waals surface area contributed by atoms with E-state index in [1.807, 2.05) is 60.7 Å². The summed E-state index contributed by atoms with van der Waals surface area (Å²) in [6, 6.07) is 23.6. The zero-order chi connectivity index (χ0) is 19.3. The molecule has 3 N–H and O–H groups in total. The average Bonchev–Trinajstić information content (AvgIpc) is 2.75.